The summed E-state index contributed by atoms with van der Waals surface area (Å²) >= 11 is 6.43. The van der Waals surface area contributed by atoms with E-state index in [1.54, 1.807) is 0 Å². The Hall–Kier alpha value is -0.353. The maximum Gasteiger partial charge on any atom is 0.171 e. The van der Waals surface area contributed by atoms with Crippen LogP contribution in [0.15, 0.2) is 18.2 Å². The van der Waals surface area contributed by atoms with Crippen molar-refractivity contribution in [2.45, 2.75) is 46.4 Å². The fraction of sp³-hybridized carbons (Fsp3) is 0.625. The van der Waals surface area contributed by atoms with Crippen molar-refractivity contribution in [2.24, 2.45) is 5.41 Å². The zero-order chi connectivity index (χ0) is 15.3. The van der Waals surface area contributed by atoms with E-state index in [1.165, 1.54) is 5.56 Å². The van der Waals surface area contributed by atoms with Crippen molar-refractivity contribution >= 4 is 20.6 Å². The van der Waals surface area contributed by atoms with E-state index in [-0.39, 0.29) is 11.5 Å². The zero-order valence-electron chi connectivity index (χ0n) is 13.6. The molecule has 0 aliphatic rings. The second-order valence-corrected chi connectivity index (χ2v) is 9.42. The number of rotatable bonds is 6. The number of halogens is 1. The second kappa shape index (κ2) is 7.60. The quantitative estimate of drug-likeness (QED) is 0.795. The molecule has 0 saturated carbocycles. The van der Waals surface area contributed by atoms with Crippen LogP contribution >= 0.6 is 11.6 Å². The Morgan fingerprint density at radius 1 is 1.30 bits per heavy atom. The molecule has 0 bridgehead atoms. The molecule has 1 aromatic carbocycles. The average Bonchev–Trinajstić information content (AvgIpc) is 2.34. The van der Waals surface area contributed by atoms with Crippen LogP contribution in [0, 0.1) is 5.41 Å². The molecule has 4 heteroatoms. The largest absolute Gasteiger partial charge is 0.413 e. The average molecular weight is 314 g/mol. The number of nitrogens with one attached hydrogen (secondary N) is 1. The van der Waals surface area contributed by atoms with Gasteiger partial charge in [0.15, 0.2) is 9.04 Å². The highest BCUT2D eigenvalue weighted by molar-refractivity contribution is 6.48. The molecular formula is C16H28ClNOSi. The van der Waals surface area contributed by atoms with Crippen molar-refractivity contribution in [2.75, 3.05) is 13.6 Å². The van der Waals surface area contributed by atoms with Gasteiger partial charge < -0.3 is 9.74 Å². The number of hydrogen-bond donors (Lipinski definition) is 1. The molecule has 0 spiro atoms. The van der Waals surface area contributed by atoms with Gasteiger partial charge in [-0.05, 0) is 55.7 Å². The first-order valence-corrected chi connectivity index (χ1v) is 10.5. The number of benzene rings is 1. The van der Waals surface area contributed by atoms with Crippen LogP contribution in [0.4, 0.5) is 0 Å². The van der Waals surface area contributed by atoms with Crippen LogP contribution in [0.5, 0.6) is 0 Å². The first-order chi connectivity index (χ1) is 9.25. The van der Waals surface area contributed by atoms with Crippen molar-refractivity contribution in [3.63, 3.8) is 0 Å². The summed E-state index contributed by atoms with van der Waals surface area (Å²) in [6.07, 6.45) is 1.08. The van der Waals surface area contributed by atoms with E-state index in [9.17, 15) is 0 Å². The predicted octanol–water partition coefficient (Wildman–Crippen LogP) is 4.19. The number of hydrogen-bond acceptors (Lipinski definition) is 2. The lowest BCUT2D eigenvalue weighted by Crippen LogP contribution is -2.26. The number of likely N-dealkylation sites (N-methyl/N-ethyl adjacent to an activating group) is 1. The third kappa shape index (κ3) is 5.21. The van der Waals surface area contributed by atoms with E-state index in [0.717, 1.165) is 23.6 Å². The molecule has 114 valence electrons. The van der Waals surface area contributed by atoms with Crippen molar-refractivity contribution in [3.05, 3.63) is 34.3 Å². The molecule has 1 unspecified atom stereocenters. The molecule has 2 nitrogen and oxygen atoms in total. The Morgan fingerprint density at radius 3 is 2.45 bits per heavy atom. The molecule has 0 aliphatic carbocycles. The van der Waals surface area contributed by atoms with Gasteiger partial charge in [-0.1, -0.05) is 44.5 Å². The summed E-state index contributed by atoms with van der Waals surface area (Å²) in [6, 6.07) is 6.33. The minimum atomic E-state index is -1.13. The molecule has 0 saturated heterocycles. The molecule has 0 aliphatic heterocycles. The third-order valence-corrected chi connectivity index (χ3v) is 4.36. The van der Waals surface area contributed by atoms with E-state index < -0.39 is 9.04 Å². The lowest BCUT2D eigenvalue weighted by Gasteiger charge is -2.33. The Labute approximate surface area is 130 Å². The molecule has 0 radical (unpaired) electrons. The first-order valence-electron chi connectivity index (χ1n) is 7.34. The normalized spacial score (nSPS) is 13.8. The minimum Gasteiger partial charge on any atom is -0.413 e. The van der Waals surface area contributed by atoms with Crippen molar-refractivity contribution < 1.29 is 4.43 Å². The molecule has 0 amide bonds. The molecule has 20 heavy (non-hydrogen) atoms. The zero-order valence-corrected chi connectivity index (χ0v) is 15.5. The van der Waals surface area contributed by atoms with Gasteiger partial charge in [0.2, 0.25) is 0 Å². The standard InChI is InChI=1S/C16H28ClNOSi/c1-16(2,3)15(19-20(5)6)13-11-12(9-10-18-4)7-8-14(13)17/h7-8,11,15,18,20H,9-10H2,1-6H3. The monoisotopic (exact) mass is 313 g/mol. The van der Waals surface area contributed by atoms with Gasteiger partial charge >= 0.3 is 0 Å². The predicted molar refractivity (Wildman–Crippen MR) is 91.2 cm³/mol. The van der Waals surface area contributed by atoms with Crippen molar-refractivity contribution in [1.82, 2.24) is 5.32 Å². The summed E-state index contributed by atoms with van der Waals surface area (Å²) in [7, 11) is 0.847. The minimum absolute atomic E-state index is 0.0442. The van der Waals surface area contributed by atoms with Crippen LogP contribution in [0.2, 0.25) is 18.1 Å². The molecular weight excluding hydrogens is 286 g/mol. The van der Waals surface area contributed by atoms with Gasteiger partial charge in [-0.2, -0.15) is 0 Å². The highest BCUT2D eigenvalue weighted by atomic mass is 35.5. The van der Waals surface area contributed by atoms with Gasteiger partial charge in [0.1, 0.15) is 0 Å². The maximum absolute atomic E-state index is 6.43. The Balaban J connectivity index is 3.11. The lowest BCUT2D eigenvalue weighted by atomic mass is 9.84. The van der Waals surface area contributed by atoms with Gasteiger partial charge in [-0.3, -0.25) is 0 Å². The fourth-order valence-corrected chi connectivity index (χ4v) is 3.55. The summed E-state index contributed by atoms with van der Waals surface area (Å²) in [6.45, 7) is 12.0. The first kappa shape index (κ1) is 17.7. The summed E-state index contributed by atoms with van der Waals surface area (Å²) in [5.41, 5.74) is 2.48. The van der Waals surface area contributed by atoms with Gasteiger partial charge in [-0.15, -0.1) is 0 Å². The van der Waals surface area contributed by atoms with Crippen LogP contribution in [-0.2, 0) is 10.8 Å². The van der Waals surface area contributed by atoms with Gasteiger partial charge in [-0.25, -0.2) is 0 Å². The van der Waals surface area contributed by atoms with Gasteiger partial charge in [0, 0.05) is 5.02 Å². The topological polar surface area (TPSA) is 21.3 Å². The molecule has 1 aromatic rings. The van der Waals surface area contributed by atoms with Crippen LogP contribution in [0.3, 0.4) is 0 Å². The maximum atomic E-state index is 6.43. The van der Waals surface area contributed by atoms with E-state index in [4.69, 9.17) is 16.0 Å². The Morgan fingerprint density at radius 2 is 1.95 bits per heavy atom. The second-order valence-electron chi connectivity index (χ2n) is 6.64. The fourth-order valence-electron chi connectivity index (χ4n) is 2.24. The molecule has 0 heterocycles. The summed E-state index contributed by atoms with van der Waals surface area (Å²) < 4.78 is 6.28. The van der Waals surface area contributed by atoms with Gasteiger partial charge in [0.05, 0.1) is 6.10 Å². The molecule has 1 N–H and O–H groups in total. The molecule has 0 fully saturated rings. The van der Waals surface area contributed by atoms with Crippen molar-refractivity contribution in [1.29, 1.82) is 0 Å². The van der Waals surface area contributed by atoms with E-state index in [2.05, 4.69) is 51.3 Å². The van der Waals surface area contributed by atoms with Crippen LogP contribution in [0.25, 0.3) is 0 Å². The third-order valence-electron chi connectivity index (χ3n) is 3.20. The summed E-state index contributed by atoms with van der Waals surface area (Å²) in [5, 5.41) is 4.00. The highest BCUT2D eigenvalue weighted by Crippen LogP contribution is 2.40. The molecule has 1 atom stereocenters. The van der Waals surface area contributed by atoms with Gasteiger partial charge in [0.25, 0.3) is 0 Å². The highest BCUT2D eigenvalue weighted by Gasteiger charge is 2.29. The van der Waals surface area contributed by atoms with E-state index in [1.807, 2.05) is 13.1 Å². The summed E-state index contributed by atoms with van der Waals surface area (Å²) in [4.78, 5) is 0. The Bertz CT molecular complexity index is 429. The smallest absolute Gasteiger partial charge is 0.171 e. The van der Waals surface area contributed by atoms with Crippen LogP contribution in [-0.4, -0.2) is 22.6 Å². The van der Waals surface area contributed by atoms with E-state index in [0.29, 0.717) is 0 Å². The van der Waals surface area contributed by atoms with Crippen LogP contribution < -0.4 is 5.32 Å². The Kier molecular flexibility index (Phi) is 6.72. The van der Waals surface area contributed by atoms with Crippen molar-refractivity contribution in [3.8, 4) is 0 Å². The SMILES string of the molecule is CNCCc1ccc(Cl)c(C(O[SiH](C)C)C(C)(C)C)c1. The summed E-state index contributed by atoms with van der Waals surface area (Å²) in [5.74, 6) is 0. The molecule has 0 aromatic heterocycles. The van der Waals surface area contributed by atoms with E-state index >= 15 is 0 Å². The lowest BCUT2D eigenvalue weighted by molar-refractivity contribution is 0.0866. The van der Waals surface area contributed by atoms with Crippen LogP contribution in [0.1, 0.15) is 38.0 Å². The molecule has 1 rings (SSSR count).